The number of amides is 1. The first-order valence-electron chi connectivity index (χ1n) is 8.39. The summed E-state index contributed by atoms with van der Waals surface area (Å²) in [7, 11) is 0. The van der Waals surface area contributed by atoms with E-state index in [0.29, 0.717) is 12.1 Å². The molecule has 2 aromatic heterocycles. The van der Waals surface area contributed by atoms with E-state index in [1.807, 2.05) is 6.26 Å². The molecule has 1 aliphatic rings. The van der Waals surface area contributed by atoms with Gasteiger partial charge in [-0.05, 0) is 37.7 Å². The van der Waals surface area contributed by atoms with Gasteiger partial charge in [-0.25, -0.2) is 18.4 Å². The number of thiazole rings is 1. The summed E-state index contributed by atoms with van der Waals surface area (Å²) in [6.45, 7) is 0. The van der Waals surface area contributed by atoms with Crippen molar-refractivity contribution in [1.29, 1.82) is 0 Å². The third-order valence-electron chi connectivity index (χ3n) is 4.52. The van der Waals surface area contributed by atoms with Gasteiger partial charge in [-0.1, -0.05) is 11.8 Å². The van der Waals surface area contributed by atoms with E-state index < -0.39 is 11.6 Å². The highest BCUT2D eigenvalue weighted by Crippen LogP contribution is 2.32. The van der Waals surface area contributed by atoms with E-state index in [9.17, 15) is 13.6 Å². The molecule has 0 fully saturated rings. The summed E-state index contributed by atoms with van der Waals surface area (Å²) in [5.41, 5.74) is 2.29. The number of carbonyl (C=O) groups excluding carboxylic acids is 1. The van der Waals surface area contributed by atoms with Gasteiger partial charge < -0.3 is 5.32 Å². The van der Waals surface area contributed by atoms with E-state index in [4.69, 9.17) is 0 Å². The number of fused-ring (bicyclic) bond motifs is 1. The molecule has 1 aromatic carbocycles. The van der Waals surface area contributed by atoms with Crippen LogP contribution in [0.3, 0.4) is 0 Å². The molecule has 9 heteroatoms. The van der Waals surface area contributed by atoms with E-state index in [-0.39, 0.29) is 17.6 Å². The van der Waals surface area contributed by atoms with Crippen LogP contribution in [-0.4, -0.2) is 26.9 Å². The highest BCUT2D eigenvalue weighted by Gasteiger charge is 2.27. The predicted molar refractivity (Wildman–Crippen MR) is 101 cm³/mol. The Kier molecular flexibility index (Phi) is 4.96. The molecular formula is C18H16F2N4OS2. The molecule has 140 valence electrons. The molecule has 0 radical (unpaired) electrons. The highest BCUT2D eigenvalue weighted by atomic mass is 32.2. The van der Waals surface area contributed by atoms with Crippen LogP contribution < -0.4 is 5.32 Å². The number of hydrogen-bond donors (Lipinski definition) is 1. The summed E-state index contributed by atoms with van der Waals surface area (Å²) in [4.78, 5) is 16.8. The van der Waals surface area contributed by atoms with Crippen LogP contribution in [-0.2, 0) is 6.42 Å². The number of carbonyl (C=O) groups is 1. The molecule has 4 rings (SSSR count). The molecule has 1 amide bonds. The van der Waals surface area contributed by atoms with Gasteiger partial charge in [0.05, 0.1) is 12.2 Å². The third-order valence-corrected chi connectivity index (χ3v) is 6.38. The van der Waals surface area contributed by atoms with E-state index in [1.54, 1.807) is 11.6 Å². The number of thioether (sulfide) groups is 1. The second-order valence-electron chi connectivity index (χ2n) is 6.18. The van der Waals surface area contributed by atoms with Crippen molar-refractivity contribution >= 4 is 29.0 Å². The lowest BCUT2D eigenvalue weighted by Crippen LogP contribution is -2.31. The van der Waals surface area contributed by atoms with Crippen molar-refractivity contribution in [3.63, 3.8) is 0 Å². The minimum absolute atomic E-state index is 0.203. The topological polar surface area (TPSA) is 59.8 Å². The number of rotatable bonds is 4. The van der Waals surface area contributed by atoms with Gasteiger partial charge in [0.15, 0.2) is 5.82 Å². The minimum Gasteiger partial charge on any atom is -0.344 e. The van der Waals surface area contributed by atoms with E-state index in [2.05, 4.69) is 15.4 Å². The summed E-state index contributed by atoms with van der Waals surface area (Å²) in [5.74, 6) is -1.53. The second kappa shape index (κ2) is 7.40. The average molecular weight is 406 g/mol. The zero-order chi connectivity index (χ0) is 19.0. The number of nitrogens with one attached hydrogen (secondary N) is 1. The van der Waals surface area contributed by atoms with Gasteiger partial charge in [0, 0.05) is 22.7 Å². The Hall–Kier alpha value is -2.26. The fourth-order valence-corrected chi connectivity index (χ4v) is 4.50. The minimum atomic E-state index is -0.667. The first-order valence-corrected chi connectivity index (χ1v) is 10.5. The number of hydrogen-bond acceptors (Lipinski definition) is 5. The number of nitrogens with zero attached hydrogens (tertiary/aromatic N) is 3. The van der Waals surface area contributed by atoms with Crippen LogP contribution in [0.5, 0.6) is 0 Å². The van der Waals surface area contributed by atoms with Gasteiger partial charge in [0.2, 0.25) is 0 Å². The molecule has 0 spiro atoms. The van der Waals surface area contributed by atoms with Crippen molar-refractivity contribution in [2.45, 2.75) is 29.6 Å². The number of halogens is 2. The molecule has 3 aromatic rings. The third kappa shape index (κ3) is 3.49. The Morgan fingerprint density at radius 1 is 1.41 bits per heavy atom. The Morgan fingerprint density at radius 3 is 3.00 bits per heavy atom. The van der Waals surface area contributed by atoms with Crippen LogP contribution in [0.15, 0.2) is 34.1 Å². The fourth-order valence-electron chi connectivity index (χ4n) is 3.25. The first kappa shape index (κ1) is 18.1. The van der Waals surface area contributed by atoms with Crippen molar-refractivity contribution in [2.24, 2.45) is 0 Å². The van der Waals surface area contributed by atoms with Crippen molar-refractivity contribution in [3.05, 3.63) is 58.4 Å². The summed E-state index contributed by atoms with van der Waals surface area (Å²) >= 11 is 2.93. The van der Waals surface area contributed by atoms with E-state index in [0.717, 1.165) is 34.5 Å². The molecule has 0 aliphatic heterocycles. The number of aromatic nitrogens is 3. The maximum atomic E-state index is 14.2. The van der Waals surface area contributed by atoms with Crippen LogP contribution in [0.1, 0.15) is 40.6 Å². The predicted octanol–water partition coefficient (Wildman–Crippen LogP) is 4.14. The Balaban J connectivity index is 1.61. The van der Waals surface area contributed by atoms with Crippen molar-refractivity contribution in [3.8, 4) is 5.69 Å². The van der Waals surface area contributed by atoms with Gasteiger partial charge >= 0.3 is 0 Å². The zero-order valence-corrected chi connectivity index (χ0v) is 16.0. The molecule has 1 aliphatic carbocycles. The molecule has 5 nitrogen and oxygen atoms in total. The smallest absolute Gasteiger partial charge is 0.271 e. The summed E-state index contributed by atoms with van der Waals surface area (Å²) < 4.78 is 29.7. The van der Waals surface area contributed by atoms with Crippen LogP contribution >= 0.6 is 23.1 Å². The maximum absolute atomic E-state index is 14.2. The molecule has 0 bridgehead atoms. The first-order chi connectivity index (χ1) is 13.1. The molecule has 2 heterocycles. The quantitative estimate of drug-likeness (QED) is 0.662. The Morgan fingerprint density at radius 2 is 2.26 bits per heavy atom. The molecule has 27 heavy (non-hydrogen) atoms. The van der Waals surface area contributed by atoms with Crippen LogP contribution in [0.4, 0.5) is 8.78 Å². The summed E-state index contributed by atoms with van der Waals surface area (Å²) in [5, 5.41) is 9.04. The van der Waals surface area contributed by atoms with Gasteiger partial charge in [0.1, 0.15) is 21.5 Å². The van der Waals surface area contributed by atoms with Gasteiger partial charge in [-0.2, -0.15) is 5.10 Å². The molecule has 0 saturated heterocycles. The Labute approximate surface area is 162 Å². The van der Waals surface area contributed by atoms with E-state index >= 15 is 0 Å². The second-order valence-corrected chi connectivity index (χ2v) is 8.09. The molecule has 1 N–H and O–H groups in total. The zero-order valence-electron chi connectivity index (χ0n) is 14.4. The monoisotopic (exact) mass is 406 g/mol. The van der Waals surface area contributed by atoms with Crippen LogP contribution in [0.25, 0.3) is 5.69 Å². The van der Waals surface area contributed by atoms with Gasteiger partial charge in [0.25, 0.3) is 5.91 Å². The lowest BCUT2D eigenvalue weighted by Gasteiger charge is -2.24. The average Bonchev–Trinajstić information content (AvgIpc) is 3.29. The van der Waals surface area contributed by atoms with Crippen LogP contribution in [0.2, 0.25) is 0 Å². The van der Waals surface area contributed by atoms with Crippen molar-refractivity contribution in [1.82, 2.24) is 20.1 Å². The molecule has 0 saturated carbocycles. The summed E-state index contributed by atoms with van der Waals surface area (Å²) in [6.07, 6.45) is 5.88. The standard InChI is InChI=1S/C18H16F2N4OS2/c1-26-18-23-14(9-27-18)17(25)22-13-3-2-4-15-11(13)8-21-24(15)16-6-5-10(19)7-12(16)20/h5-9,13H,2-4H2,1H3,(H,22,25). The van der Waals surface area contributed by atoms with Gasteiger partial charge in [-0.3, -0.25) is 4.79 Å². The lowest BCUT2D eigenvalue weighted by molar-refractivity contribution is 0.0928. The largest absolute Gasteiger partial charge is 0.344 e. The normalized spacial score (nSPS) is 16.2. The highest BCUT2D eigenvalue weighted by molar-refractivity contribution is 8.00. The molecule has 1 unspecified atom stereocenters. The van der Waals surface area contributed by atoms with Crippen molar-refractivity contribution < 1.29 is 13.6 Å². The van der Waals surface area contributed by atoms with Gasteiger partial charge in [-0.15, -0.1) is 11.3 Å². The molecule has 1 atom stereocenters. The Bertz CT molecular complexity index is 1000. The SMILES string of the molecule is CSc1nc(C(=O)NC2CCCc3c2cnn3-c2ccc(F)cc2F)cs1. The lowest BCUT2D eigenvalue weighted by atomic mass is 9.92. The van der Waals surface area contributed by atoms with Crippen molar-refractivity contribution in [2.75, 3.05) is 6.26 Å². The van der Waals surface area contributed by atoms with E-state index in [1.165, 1.54) is 39.9 Å². The number of benzene rings is 1. The summed E-state index contributed by atoms with van der Waals surface area (Å²) in [6, 6.07) is 3.22. The fraction of sp³-hybridized carbons (Fsp3) is 0.278. The maximum Gasteiger partial charge on any atom is 0.271 e. The van der Waals surface area contributed by atoms with Crippen LogP contribution in [0, 0.1) is 11.6 Å². The molecular weight excluding hydrogens is 390 g/mol.